The molecule has 16 heavy (non-hydrogen) atoms. The molecule has 0 aliphatic carbocycles. The predicted molar refractivity (Wildman–Crippen MR) is 70.4 cm³/mol. The van der Waals surface area contributed by atoms with E-state index in [0.29, 0.717) is 0 Å². The zero-order valence-corrected chi connectivity index (χ0v) is 11.6. The number of rotatable bonds is 1. The van der Waals surface area contributed by atoms with Crippen LogP contribution >= 0.6 is 15.9 Å². The lowest BCUT2D eigenvalue weighted by molar-refractivity contribution is 0.498. The van der Waals surface area contributed by atoms with Crippen molar-refractivity contribution >= 4 is 27.0 Å². The summed E-state index contributed by atoms with van der Waals surface area (Å²) < 4.78 is 3.12. The Morgan fingerprint density at radius 1 is 1.38 bits per heavy atom. The molecule has 0 saturated heterocycles. The van der Waals surface area contributed by atoms with Crippen molar-refractivity contribution in [2.75, 3.05) is 0 Å². The first-order valence-electron chi connectivity index (χ1n) is 5.22. The Morgan fingerprint density at radius 2 is 2.00 bits per heavy atom. The van der Waals surface area contributed by atoms with Gasteiger partial charge in [-0.1, -0.05) is 0 Å². The third-order valence-corrected chi connectivity index (χ3v) is 3.25. The van der Waals surface area contributed by atoms with Crippen molar-refractivity contribution in [3.8, 4) is 0 Å². The zero-order valence-electron chi connectivity index (χ0n) is 10.0. The van der Waals surface area contributed by atoms with Gasteiger partial charge in [-0.15, -0.1) is 0 Å². The molecule has 0 aliphatic heterocycles. The van der Waals surface area contributed by atoms with Gasteiger partial charge in [-0.3, -0.25) is 0 Å². The van der Waals surface area contributed by atoms with Crippen LogP contribution < -0.4 is 5.73 Å². The third-order valence-electron chi connectivity index (χ3n) is 2.64. The number of fused-ring (bicyclic) bond motifs is 1. The van der Waals surface area contributed by atoms with Gasteiger partial charge in [0.15, 0.2) is 0 Å². The van der Waals surface area contributed by atoms with E-state index in [-0.39, 0.29) is 0 Å². The molecule has 0 amide bonds. The van der Waals surface area contributed by atoms with Crippen LogP contribution in [-0.2, 0) is 12.6 Å². The molecule has 0 radical (unpaired) electrons. The summed E-state index contributed by atoms with van der Waals surface area (Å²) in [4.78, 5) is 4.61. The second kappa shape index (κ2) is 3.57. The number of aryl methyl sites for hydroxylation is 2. The van der Waals surface area contributed by atoms with E-state index in [4.69, 9.17) is 5.73 Å². The van der Waals surface area contributed by atoms with Gasteiger partial charge in [0.25, 0.3) is 0 Å². The number of hydrogen-bond acceptors (Lipinski definition) is 2. The summed E-state index contributed by atoms with van der Waals surface area (Å²) in [5.74, 6) is 0.897. The van der Waals surface area contributed by atoms with Crippen molar-refractivity contribution in [3.63, 3.8) is 0 Å². The van der Waals surface area contributed by atoms with Crippen LogP contribution in [0.4, 0.5) is 0 Å². The number of imidazole rings is 1. The van der Waals surface area contributed by atoms with Crippen LogP contribution in [0.2, 0.25) is 0 Å². The second-order valence-corrected chi connectivity index (χ2v) is 5.68. The SMILES string of the molecule is Cc1cc(Br)c2c(c1)nc(C(C)(C)N)n2C. The number of halogens is 1. The molecule has 0 aliphatic rings. The van der Waals surface area contributed by atoms with Gasteiger partial charge in [0.2, 0.25) is 0 Å². The largest absolute Gasteiger partial charge is 0.329 e. The number of hydrogen-bond donors (Lipinski definition) is 1. The smallest absolute Gasteiger partial charge is 0.129 e. The number of benzene rings is 1. The Labute approximate surface area is 104 Å². The highest BCUT2D eigenvalue weighted by Gasteiger charge is 2.22. The van der Waals surface area contributed by atoms with E-state index >= 15 is 0 Å². The van der Waals surface area contributed by atoms with E-state index in [1.54, 1.807) is 0 Å². The molecule has 0 fully saturated rings. The fourth-order valence-corrected chi connectivity index (χ4v) is 2.84. The second-order valence-electron chi connectivity index (χ2n) is 4.83. The fraction of sp³-hybridized carbons (Fsp3) is 0.417. The molecule has 0 spiro atoms. The number of nitrogens with zero attached hydrogens (tertiary/aromatic N) is 2. The molecule has 0 saturated carbocycles. The normalized spacial score (nSPS) is 12.4. The summed E-state index contributed by atoms with van der Waals surface area (Å²) in [6.07, 6.45) is 0. The molecule has 1 aromatic heterocycles. The summed E-state index contributed by atoms with van der Waals surface area (Å²) in [6.45, 7) is 6.00. The van der Waals surface area contributed by atoms with Crippen molar-refractivity contribution in [2.45, 2.75) is 26.3 Å². The van der Waals surface area contributed by atoms with Gasteiger partial charge < -0.3 is 10.3 Å². The monoisotopic (exact) mass is 281 g/mol. The third kappa shape index (κ3) is 1.76. The van der Waals surface area contributed by atoms with Crippen LogP contribution in [0.1, 0.15) is 25.2 Å². The van der Waals surface area contributed by atoms with Gasteiger partial charge in [-0.05, 0) is 54.4 Å². The van der Waals surface area contributed by atoms with E-state index in [1.165, 1.54) is 5.56 Å². The zero-order chi connectivity index (χ0) is 12.1. The summed E-state index contributed by atoms with van der Waals surface area (Å²) >= 11 is 3.58. The van der Waals surface area contributed by atoms with Gasteiger partial charge in [0.1, 0.15) is 5.82 Å². The van der Waals surface area contributed by atoms with Crippen molar-refractivity contribution in [2.24, 2.45) is 12.8 Å². The van der Waals surface area contributed by atoms with E-state index < -0.39 is 5.54 Å². The first-order valence-corrected chi connectivity index (χ1v) is 6.02. The lowest BCUT2D eigenvalue weighted by Crippen LogP contribution is -2.32. The minimum Gasteiger partial charge on any atom is -0.329 e. The lowest BCUT2D eigenvalue weighted by Gasteiger charge is -2.17. The highest BCUT2D eigenvalue weighted by atomic mass is 79.9. The highest BCUT2D eigenvalue weighted by molar-refractivity contribution is 9.10. The van der Waals surface area contributed by atoms with Crippen LogP contribution in [0.3, 0.4) is 0 Å². The maximum Gasteiger partial charge on any atom is 0.129 e. The average molecular weight is 282 g/mol. The molecule has 0 bridgehead atoms. The van der Waals surface area contributed by atoms with E-state index in [0.717, 1.165) is 21.3 Å². The molecule has 2 rings (SSSR count). The summed E-state index contributed by atoms with van der Waals surface area (Å²) in [5.41, 5.74) is 8.96. The molecule has 0 atom stereocenters. The molecule has 1 aromatic carbocycles. The van der Waals surface area contributed by atoms with Crippen LogP contribution in [0.15, 0.2) is 16.6 Å². The topological polar surface area (TPSA) is 43.8 Å². The van der Waals surface area contributed by atoms with Crippen LogP contribution in [0.25, 0.3) is 11.0 Å². The first-order chi connectivity index (χ1) is 7.30. The Balaban J connectivity index is 2.83. The molecule has 2 N–H and O–H groups in total. The highest BCUT2D eigenvalue weighted by Crippen LogP contribution is 2.28. The van der Waals surface area contributed by atoms with Crippen LogP contribution in [-0.4, -0.2) is 9.55 Å². The first kappa shape index (κ1) is 11.6. The summed E-state index contributed by atoms with van der Waals surface area (Å²) in [7, 11) is 2.00. The maximum absolute atomic E-state index is 6.11. The Morgan fingerprint density at radius 3 is 2.56 bits per heavy atom. The molecular formula is C12H16BrN3. The van der Waals surface area contributed by atoms with E-state index in [2.05, 4.69) is 44.5 Å². The van der Waals surface area contributed by atoms with Crippen molar-refractivity contribution in [1.82, 2.24) is 9.55 Å². The molecule has 4 heteroatoms. The van der Waals surface area contributed by atoms with Gasteiger partial charge in [-0.25, -0.2) is 4.98 Å². The summed E-state index contributed by atoms with van der Waals surface area (Å²) in [6, 6.07) is 4.17. The average Bonchev–Trinajstić information content (AvgIpc) is 2.41. The molecular weight excluding hydrogens is 266 g/mol. The summed E-state index contributed by atoms with van der Waals surface area (Å²) in [5, 5.41) is 0. The quantitative estimate of drug-likeness (QED) is 0.874. The lowest BCUT2D eigenvalue weighted by atomic mass is 10.1. The van der Waals surface area contributed by atoms with Crippen molar-refractivity contribution in [3.05, 3.63) is 28.0 Å². The number of aromatic nitrogens is 2. The van der Waals surface area contributed by atoms with E-state index in [1.807, 2.05) is 20.9 Å². The minimum absolute atomic E-state index is 0.429. The number of nitrogens with two attached hydrogens (primary N) is 1. The molecule has 86 valence electrons. The fourth-order valence-electron chi connectivity index (χ4n) is 2.00. The van der Waals surface area contributed by atoms with E-state index in [9.17, 15) is 0 Å². The molecule has 1 heterocycles. The predicted octanol–water partition coefficient (Wildman–Crippen LogP) is 2.84. The molecule has 2 aromatic rings. The minimum atomic E-state index is -0.429. The van der Waals surface area contributed by atoms with Crippen molar-refractivity contribution in [1.29, 1.82) is 0 Å². The van der Waals surface area contributed by atoms with Crippen LogP contribution in [0, 0.1) is 6.92 Å². The standard InChI is InChI=1S/C12H16BrN3/c1-7-5-8(13)10-9(6-7)15-11(16(10)4)12(2,3)14/h5-6H,14H2,1-4H3. The van der Waals surface area contributed by atoms with Gasteiger partial charge in [0.05, 0.1) is 16.6 Å². The molecule has 3 nitrogen and oxygen atoms in total. The Bertz CT molecular complexity index is 549. The van der Waals surface area contributed by atoms with Crippen LogP contribution in [0.5, 0.6) is 0 Å². The Hall–Kier alpha value is -0.870. The van der Waals surface area contributed by atoms with Gasteiger partial charge >= 0.3 is 0 Å². The maximum atomic E-state index is 6.11. The Kier molecular flexibility index (Phi) is 2.59. The van der Waals surface area contributed by atoms with Crippen molar-refractivity contribution < 1.29 is 0 Å². The van der Waals surface area contributed by atoms with Gasteiger partial charge in [-0.2, -0.15) is 0 Å². The van der Waals surface area contributed by atoms with Gasteiger partial charge in [0, 0.05) is 11.5 Å². The molecule has 0 unspecified atom stereocenters.